The molecule has 3 heteroatoms. The number of hydrogen-bond acceptors (Lipinski definition) is 3. The van der Waals surface area contributed by atoms with E-state index in [1.165, 1.54) is 10.4 Å². The molecule has 1 aliphatic carbocycles. The highest BCUT2D eigenvalue weighted by Gasteiger charge is 2.22. The van der Waals surface area contributed by atoms with E-state index >= 15 is 0 Å². The summed E-state index contributed by atoms with van der Waals surface area (Å²) in [5, 5.41) is 2.17. The van der Waals surface area contributed by atoms with Crippen molar-refractivity contribution in [3.8, 4) is 0 Å². The van der Waals surface area contributed by atoms with Gasteiger partial charge >= 0.3 is 0 Å². The van der Waals surface area contributed by atoms with Crippen LogP contribution in [0.1, 0.15) is 29.7 Å². The van der Waals surface area contributed by atoms with E-state index in [9.17, 15) is 0 Å². The van der Waals surface area contributed by atoms with Gasteiger partial charge < -0.3 is 10.5 Å². The Balaban J connectivity index is 1.77. The normalized spacial score (nSPS) is 27.0. The number of thiophene rings is 1. The van der Waals surface area contributed by atoms with E-state index in [1.54, 1.807) is 11.3 Å². The third-order valence-corrected chi connectivity index (χ3v) is 3.61. The molecule has 2 N–H and O–H groups in total. The molecule has 0 bridgehead atoms. The van der Waals surface area contributed by atoms with Gasteiger partial charge in [-0.15, -0.1) is 11.3 Å². The van der Waals surface area contributed by atoms with Crippen molar-refractivity contribution in [1.29, 1.82) is 0 Å². The Morgan fingerprint density at radius 1 is 1.57 bits per heavy atom. The Morgan fingerprint density at radius 3 is 3.00 bits per heavy atom. The van der Waals surface area contributed by atoms with Crippen molar-refractivity contribution in [3.63, 3.8) is 0 Å². The van der Waals surface area contributed by atoms with E-state index in [0.29, 0.717) is 12.1 Å². The van der Waals surface area contributed by atoms with E-state index in [0.717, 1.165) is 25.9 Å². The summed E-state index contributed by atoms with van der Waals surface area (Å²) < 4.78 is 5.80. The van der Waals surface area contributed by atoms with Crippen LogP contribution in [-0.4, -0.2) is 12.1 Å². The van der Waals surface area contributed by atoms with Crippen LogP contribution in [-0.2, 0) is 11.3 Å². The van der Waals surface area contributed by atoms with Crippen LogP contribution in [0.2, 0.25) is 0 Å². The zero-order valence-corrected chi connectivity index (χ0v) is 9.35. The summed E-state index contributed by atoms with van der Waals surface area (Å²) in [5.74, 6) is 0. The molecule has 0 aliphatic heterocycles. The fraction of sp³-hybridized carbons (Fsp3) is 0.636. The average Bonchev–Trinajstić information content (AvgIpc) is 2.72. The van der Waals surface area contributed by atoms with Crippen molar-refractivity contribution in [2.75, 3.05) is 0 Å². The molecule has 2 unspecified atom stereocenters. The van der Waals surface area contributed by atoms with Crippen molar-refractivity contribution < 1.29 is 4.74 Å². The van der Waals surface area contributed by atoms with Gasteiger partial charge in [-0.2, -0.15) is 0 Å². The smallest absolute Gasteiger partial charge is 0.0728 e. The van der Waals surface area contributed by atoms with Crippen LogP contribution in [0.25, 0.3) is 0 Å². The summed E-state index contributed by atoms with van der Waals surface area (Å²) in [6.45, 7) is 2.88. The van der Waals surface area contributed by atoms with Gasteiger partial charge in [0.1, 0.15) is 0 Å². The van der Waals surface area contributed by atoms with E-state index in [4.69, 9.17) is 10.5 Å². The maximum atomic E-state index is 5.82. The molecule has 14 heavy (non-hydrogen) atoms. The molecule has 1 aromatic heterocycles. The molecule has 0 aromatic carbocycles. The highest BCUT2D eigenvalue weighted by Crippen LogP contribution is 2.22. The minimum absolute atomic E-state index is 0.365. The maximum Gasteiger partial charge on any atom is 0.0728 e. The summed E-state index contributed by atoms with van der Waals surface area (Å²) in [5.41, 5.74) is 7.12. The van der Waals surface area contributed by atoms with Gasteiger partial charge in [-0.3, -0.25) is 0 Å². The zero-order valence-electron chi connectivity index (χ0n) is 8.53. The Hall–Kier alpha value is -0.380. The second kappa shape index (κ2) is 4.43. The van der Waals surface area contributed by atoms with Crippen LogP contribution < -0.4 is 5.73 Å². The number of rotatable bonds is 3. The van der Waals surface area contributed by atoms with Crippen molar-refractivity contribution in [1.82, 2.24) is 0 Å². The predicted octanol–water partition coefficient (Wildman–Crippen LogP) is 2.45. The molecule has 0 spiro atoms. The van der Waals surface area contributed by atoms with Gasteiger partial charge in [0.15, 0.2) is 0 Å². The van der Waals surface area contributed by atoms with E-state index in [1.807, 2.05) is 0 Å². The second-order valence-corrected chi connectivity index (χ2v) is 5.19. The molecule has 0 saturated heterocycles. The highest BCUT2D eigenvalue weighted by molar-refractivity contribution is 7.10. The standard InChI is InChI=1S/C11H17NOS/c1-8-4-9(7-14-8)6-13-11-3-2-10(12)5-11/h4,7,10-11H,2-3,5-6,12H2,1H3. The Morgan fingerprint density at radius 2 is 2.43 bits per heavy atom. The first kappa shape index (κ1) is 10.1. The molecule has 0 amide bonds. The summed E-state index contributed by atoms with van der Waals surface area (Å²) >= 11 is 1.78. The van der Waals surface area contributed by atoms with Gasteiger partial charge in [0, 0.05) is 10.9 Å². The van der Waals surface area contributed by atoms with Crippen LogP contribution >= 0.6 is 11.3 Å². The molecule has 1 fully saturated rings. The van der Waals surface area contributed by atoms with E-state index < -0.39 is 0 Å². The lowest BCUT2D eigenvalue weighted by Crippen LogP contribution is -2.17. The van der Waals surface area contributed by atoms with Gasteiger partial charge in [-0.05, 0) is 43.2 Å². The van der Waals surface area contributed by atoms with E-state index in [2.05, 4.69) is 18.4 Å². The summed E-state index contributed by atoms with van der Waals surface area (Å²) in [4.78, 5) is 1.35. The molecule has 2 rings (SSSR count). The predicted molar refractivity (Wildman–Crippen MR) is 59.5 cm³/mol. The molecule has 0 radical (unpaired) electrons. The third kappa shape index (κ3) is 2.56. The lowest BCUT2D eigenvalue weighted by Gasteiger charge is -2.10. The van der Waals surface area contributed by atoms with Gasteiger partial charge in [0.05, 0.1) is 12.7 Å². The molecule has 1 heterocycles. The quantitative estimate of drug-likeness (QED) is 0.833. The SMILES string of the molecule is Cc1cc(COC2CCC(N)C2)cs1. The van der Waals surface area contributed by atoms with Gasteiger partial charge in [-0.1, -0.05) is 0 Å². The fourth-order valence-corrected chi connectivity index (χ4v) is 2.61. The van der Waals surface area contributed by atoms with Gasteiger partial charge in [0.2, 0.25) is 0 Å². The topological polar surface area (TPSA) is 35.2 Å². The average molecular weight is 211 g/mol. The molecule has 78 valence electrons. The van der Waals surface area contributed by atoms with Gasteiger partial charge in [0.25, 0.3) is 0 Å². The van der Waals surface area contributed by atoms with Crippen LogP contribution in [0.5, 0.6) is 0 Å². The fourth-order valence-electron chi connectivity index (χ4n) is 1.91. The van der Waals surface area contributed by atoms with Crippen molar-refractivity contribution in [3.05, 3.63) is 21.9 Å². The first-order valence-electron chi connectivity index (χ1n) is 5.15. The van der Waals surface area contributed by atoms with Crippen LogP contribution in [0.4, 0.5) is 0 Å². The van der Waals surface area contributed by atoms with Crippen molar-refractivity contribution in [2.24, 2.45) is 5.73 Å². The number of nitrogens with two attached hydrogens (primary N) is 1. The number of ether oxygens (including phenoxy) is 1. The molecule has 2 atom stereocenters. The highest BCUT2D eigenvalue weighted by atomic mass is 32.1. The second-order valence-electron chi connectivity index (χ2n) is 4.07. The van der Waals surface area contributed by atoms with Gasteiger partial charge in [-0.25, -0.2) is 0 Å². The van der Waals surface area contributed by atoms with Crippen LogP contribution in [0.15, 0.2) is 11.4 Å². The Kier molecular flexibility index (Phi) is 3.21. The number of hydrogen-bond donors (Lipinski definition) is 1. The lowest BCUT2D eigenvalue weighted by molar-refractivity contribution is 0.0450. The minimum atomic E-state index is 0.365. The summed E-state index contributed by atoms with van der Waals surface area (Å²) in [6.07, 6.45) is 3.67. The third-order valence-electron chi connectivity index (χ3n) is 2.70. The lowest BCUT2D eigenvalue weighted by atomic mass is 10.3. The molecule has 1 aliphatic rings. The molecular formula is C11H17NOS. The summed E-state index contributed by atoms with van der Waals surface area (Å²) in [6, 6.07) is 2.56. The zero-order chi connectivity index (χ0) is 9.97. The van der Waals surface area contributed by atoms with Crippen LogP contribution in [0, 0.1) is 6.92 Å². The summed E-state index contributed by atoms with van der Waals surface area (Å²) in [7, 11) is 0. The Bertz CT molecular complexity index is 297. The van der Waals surface area contributed by atoms with Crippen LogP contribution in [0.3, 0.4) is 0 Å². The first-order chi connectivity index (χ1) is 6.74. The molecule has 1 aromatic rings. The van der Waals surface area contributed by atoms with E-state index in [-0.39, 0.29) is 0 Å². The minimum Gasteiger partial charge on any atom is -0.373 e. The molecular weight excluding hydrogens is 194 g/mol. The molecule has 1 saturated carbocycles. The van der Waals surface area contributed by atoms with Crippen molar-refractivity contribution in [2.45, 2.75) is 44.9 Å². The largest absolute Gasteiger partial charge is 0.373 e. The monoisotopic (exact) mass is 211 g/mol. The molecule has 2 nitrogen and oxygen atoms in total. The first-order valence-corrected chi connectivity index (χ1v) is 6.03. The number of aryl methyl sites for hydroxylation is 1. The Labute approximate surface area is 89.1 Å². The van der Waals surface area contributed by atoms with Crippen molar-refractivity contribution >= 4 is 11.3 Å². The maximum absolute atomic E-state index is 5.82.